The SMILES string of the molecule is Cc1cccc(/C=C(/C(=O)N2CCCCC2)c2cccs2)c1. The van der Waals surface area contributed by atoms with E-state index >= 15 is 0 Å². The third kappa shape index (κ3) is 3.47. The molecular weight excluding hydrogens is 290 g/mol. The molecule has 0 bridgehead atoms. The number of carbonyl (C=O) groups is 1. The molecule has 1 fully saturated rings. The maximum absolute atomic E-state index is 13.0. The number of piperidine rings is 1. The van der Waals surface area contributed by atoms with E-state index in [0.29, 0.717) is 0 Å². The van der Waals surface area contributed by atoms with Crippen LogP contribution in [0.4, 0.5) is 0 Å². The van der Waals surface area contributed by atoms with Gasteiger partial charge in [0.05, 0.1) is 5.57 Å². The van der Waals surface area contributed by atoms with Gasteiger partial charge >= 0.3 is 0 Å². The average Bonchev–Trinajstić information content (AvgIpc) is 3.07. The summed E-state index contributed by atoms with van der Waals surface area (Å²) in [5.41, 5.74) is 3.13. The molecule has 1 saturated heterocycles. The van der Waals surface area contributed by atoms with E-state index < -0.39 is 0 Å². The van der Waals surface area contributed by atoms with Crippen molar-refractivity contribution in [2.24, 2.45) is 0 Å². The first-order valence-corrected chi connectivity index (χ1v) is 8.73. The Balaban J connectivity index is 1.95. The number of hydrogen-bond acceptors (Lipinski definition) is 2. The fourth-order valence-electron chi connectivity index (χ4n) is 2.86. The van der Waals surface area contributed by atoms with Crippen molar-refractivity contribution in [1.29, 1.82) is 0 Å². The van der Waals surface area contributed by atoms with E-state index in [0.717, 1.165) is 41.9 Å². The van der Waals surface area contributed by atoms with Crippen LogP contribution in [-0.4, -0.2) is 23.9 Å². The van der Waals surface area contributed by atoms with Crippen LogP contribution in [0.25, 0.3) is 11.6 Å². The van der Waals surface area contributed by atoms with E-state index in [1.807, 2.05) is 34.6 Å². The molecule has 1 aromatic carbocycles. The van der Waals surface area contributed by atoms with Gasteiger partial charge in [-0.25, -0.2) is 0 Å². The maximum atomic E-state index is 13.0. The van der Waals surface area contributed by atoms with Crippen molar-refractivity contribution in [2.75, 3.05) is 13.1 Å². The third-order valence-electron chi connectivity index (χ3n) is 4.01. The van der Waals surface area contributed by atoms with Gasteiger partial charge in [-0.15, -0.1) is 11.3 Å². The smallest absolute Gasteiger partial charge is 0.255 e. The molecule has 2 aromatic rings. The largest absolute Gasteiger partial charge is 0.339 e. The predicted octanol–water partition coefficient (Wildman–Crippen LogP) is 4.61. The van der Waals surface area contributed by atoms with Crippen molar-refractivity contribution in [2.45, 2.75) is 26.2 Å². The second-order valence-electron chi connectivity index (χ2n) is 5.80. The summed E-state index contributed by atoms with van der Waals surface area (Å²) in [5.74, 6) is 0.170. The molecule has 1 aliphatic heterocycles. The fraction of sp³-hybridized carbons (Fsp3) is 0.316. The number of aryl methyl sites for hydroxylation is 1. The Bertz CT molecular complexity index is 667. The molecule has 1 aromatic heterocycles. The van der Waals surface area contributed by atoms with Crippen LogP contribution in [0, 0.1) is 6.92 Å². The molecule has 22 heavy (non-hydrogen) atoms. The number of benzene rings is 1. The van der Waals surface area contributed by atoms with Crippen molar-refractivity contribution in [3.63, 3.8) is 0 Å². The summed E-state index contributed by atoms with van der Waals surface area (Å²) in [4.78, 5) is 16.0. The predicted molar refractivity (Wildman–Crippen MR) is 93.8 cm³/mol. The Kier molecular flexibility index (Phi) is 4.74. The highest BCUT2D eigenvalue weighted by Gasteiger charge is 2.22. The molecule has 3 heteroatoms. The van der Waals surface area contributed by atoms with Crippen LogP contribution in [0.15, 0.2) is 41.8 Å². The van der Waals surface area contributed by atoms with E-state index in [-0.39, 0.29) is 5.91 Å². The summed E-state index contributed by atoms with van der Waals surface area (Å²) < 4.78 is 0. The van der Waals surface area contributed by atoms with E-state index in [4.69, 9.17) is 0 Å². The normalized spacial score (nSPS) is 15.9. The van der Waals surface area contributed by atoms with Crippen LogP contribution in [0.5, 0.6) is 0 Å². The summed E-state index contributed by atoms with van der Waals surface area (Å²) >= 11 is 1.63. The maximum Gasteiger partial charge on any atom is 0.255 e. The van der Waals surface area contributed by atoms with Gasteiger partial charge in [-0.2, -0.15) is 0 Å². The number of rotatable bonds is 3. The number of nitrogens with zero attached hydrogens (tertiary/aromatic N) is 1. The molecule has 1 aliphatic rings. The van der Waals surface area contributed by atoms with Crippen LogP contribution >= 0.6 is 11.3 Å². The van der Waals surface area contributed by atoms with E-state index in [1.54, 1.807) is 11.3 Å². The lowest BCUT2D eigenvalue weighted by Gasteiger charge is -2.27. The minimum absolute atomic E-state index is 0.170. The van der Waals surface area contributed by atoms with Crippen LogP contribution in [0.2, 0.25) is 0 Å². The number of thiophene rings is 1. The third-order valence-corrected chi connectivity index (χ3v) is 4.92. The van der Waals surface area contributed by atoms with Gasteiger partial charge in [0.2, 0.25) is 0 Å². The number of amides is 1. The lowest BCUT2D eigenvalue weighted by molar-refractivity contribution is -0.125. The molecule has 0 N–H and O–H groups in total. The van der Waals surface area contributed by atoms with Gasteiger partial charge in [0, 0.05) is 18.0 Å². The summed E-state index contributed by atoms with van der Waals surface area (Å²) in [6, 6.07) is 12.3. The summed E-state index contributed by atoms with van der Waals surface area (Å²) in [6.45, 7) is 3.85. The Morgan fingerprint density at radius 2 is 1.95 bits per heavy atom. The Morgan fingerprint density at radius 1 is 1.14 bits per heavy atom. The van der Waals surface area contributed by atoms with Gasteiger partial charge in [-0.1, -0.05) is 35.9 Å². The summed E-state index contributed by atoms with van der Waals surface area (Å²) in [6.07, 6.45) is 5.51. The van der Waals surface area contributed by atoms with Gasteiger partial charge in [-0.05, 0) is 49.3 Å². The zero-order valence-electron chi connectivity index (χ0n) is 12.9. The zero-order valence-corrected chi connectivity index (χ0v) is 13.7. The van der Waals surface area contributed by atoms with Crippen molar-refractivity contribution in [3.05, 3.63) is 57.8 Å². The molecule has 0 radical (unpaired) electrons. The molecule has 0 unspecified atom stereocenters. The van der Waals surface area contributed by atoms with Crippen LogP contribution in [0.1, 0.15) is 35.3 Å². The zero-order chi connectivity index (χ0) is 15.4. The number of likely N-dealkylation sites (tertiary alicyclic amines) is 1. The molecule has 1 amide bonds. The molecule has 2 heterocycles. The Labute approximate surface area is 136 Å². The number of hydrogen-bond donors (Lipinski definition) is 0. The first kappa shape index (κ1) is 15.0. The minimum Gasteiger partial charge on any atom is -0.339 e. The van der Waals surface area contributed by atoms with Crippen molar-refractivity contribution < 1.29 is 4.79 Å². The topological polar surface area (TPSA) is 20.3 Å². The molecule has 114 valence electrons. The van der Waals surface area contributed by atoms with Gasteiger partial charge in [0.1, 0.15) is 0 Å². The van der Waals surface area contributed by atoms with Crippen LogP contribution in [-0.2, 0) is 4.79 Å². The first-order chi connectivity index (χ1) is 10.7. The molecule has 0 atom stereocenters. The molecule has 0 spiro atoms. The molecule has 0 aliphatic carbocycles. The van der Waals surface area contributed by atoms with Gasteiger partial charge in [0.25, 0.3) is 5.91 Å². The van der Waals surface area contributed by atoms with Gasteiger partial charge in [0.15, 0.2) is 0 Å². The lowest BCUT2D eigenvalue weighted by atomic mass is 10.0. The fourth-order valence-corrected chi connectivity index (χ4v) is 3.60. The summed E-state index contributed by atoms with van der Waals surface area (Å²) in [5, 5.41) is 2.03. The second kappa shape index (κ2) is 6.93. The average molecular weight is 311 g/mol. The standard InChI is InChI=1S/C19H21NOS/c1-15-7-5-8-16(13-15)14-17(18-9-6-12-22-18)19(21)20-10-3-2-4-11-20/h5-9,12-14H,2-4,10-11H2,1H3/b17-14+. The molecule has 0 saturated carbocycles. The van der Waals surface area contributed by atoms with Gasteiger partial charge in [-0.3, -0.25) is 4.79 Å². The second-order valence-corrected chi connectivity index (χ2v) is 6.75. The van der Waals surface area contributed by atoms with Crippen molar-refractivity contribution in [1.82, 2.24) is 4.90 Å². The molecule has 2 nitrogen and oxygen atoms in total. The molecular formula is C19H21NOS. The number of carbonyl (C=O) groups excluding carboxylic acids is 1. The van der Waals surface area contributed by atoms with Crippen LogP contribution < -0.4 is 0 Å². The van der Waals surface area contributed by atoms with Crippen molar-refractivity contribution >= 4 is 28.9 Å². The minimum atomic E-state index is 0.170. The highest BCUT2D eigenvalue weighted by atomic mass is 32.1. The molecule has 3 rings (SSSR count). The van der Waals surface area contributed by atoms with Crippen molar-refractivity contribution in [3.8, 4) is 0 Å². The summed E-state index contributed by atoms with van der Waals surface area (Å²) in [7, 11) is 0. The van der Waals surface area contributed by atoms with E-state index in [2.05, 4.69) is 25.1 Å². The highest BCUT2D eigenvalue weighted by Crippen LogP contribution is 2.26. The van der Waals surface area contributed by atoms with E-state index in [9.17, 15) is 4.79 Å². The Morgan fingerprint density at radius 3 is 2.64 bits per heavy atom. The first-order valence-electron chi connectivity index (χ1n) is 7.85. The lowest BCUT2D eigenvalue weighted by Crippen LogP contribution is -2.36. The highest BCUT2D eigenvalue weighted by molar-refractivity contribution is 7.11. The quantitative estimate of drug-likeness (QED) is 0.758. The van der Waals surface area contributed by atoms with Gasteiger partial charge < -0.3 is 4.90 Å². The van der Waals surface area contributed by atoms with Crippen LogP contribution in [0.3, 0.4) is 0 Å². The Hall–Kier alpha value is -1.87. The van der Waals surface area contributed by atoms with E-state index in [1.165, 1.54) is 12.0 Å². The monoisotopic (exact) mass is 311 g/mol.